The lowest BCUT2D eigenvalue weighted by atomic mass is 9.97. The van der Waals surface area contributed by atoms with Crippen molar-refractivity contribution in [3.05, 3.63) is 22.9 Å². The Kier molecular flexibility index (Phi) is 3.75. The van der Waals surface area contributed by atoms with Crippen molar-refractivity contribution >= 4 is 11.7 Å². The molecule has 0 aromatic carbocycles. The standard InChI is InChI=1S/C14H22N4O/c1-9-7-10(2)17-13(11(9)12(16)19)18-14(8-15)5-3-4-6-14/h7H,3-6,8,15H2,1-2H3,(H2,16,19)(H,17,18). The van der Waals surface area contributed by atoms with Gasteiger partial charge in [0.05, 0.1) is 11.1 Å². The van der Waals surface area contributed by atoms with Gasteiger partial charge in [-0.3, -0.25) is 4.79 Å². The molecular formula is C14H22N4O. The summed E-state index contributed by atoms with van der Waals surface area (Å²) in [7, 11) is 0. The average molecular weight is 262 g/mol. The smallest absolute Gasteiger partial charge is 0.252 e. The van der Waals surface area contributed by atoms with Crippen molar-refractivity contribution in [3.8, 4) is 0 Å². The Labute approximate surface area is 113 Å². The van der Waals surface area contributed by atoms with Gasteiger partial charge in [0.1, 0.15) is 5.82 Å². The molecule has 1 aromatic rings. The molecule has 1 heterocycles. The Morgan fingerprint density at radius 3 is 2.58 bits per heavy atom. The third-order valence-corrected chi connectivity index (χ3v) is 3.93. The fourth-order valence-electron chi connectivity index (χ4n) is 2.92. The van der Waals surface area contributed by atoms with Crippen LogP contribution in [0.15, 0.2) is 6.07 Å². The number of primary amides is 1. The van der Waals surface area contributed by atoms with E-state index in [2.05, 4.69) is 10.3 Å². The Morgan fingerprint density at radius 2 is 2.05 bits per heavy atom. The number of aryl methyl sites for hydroxylation is 2. The number of nitrogens with two attached hydrogens (primary N) is 2. The first-order valence-electron chi connectivity index (χ1n) is 6.74. The number of hydrogen-bond acceptors (Lipinski definition) is 4. The highest BCUT2D eigenvalue weighted by atomic mass is 16.1. The molecule has 0 saturated heterocycles. The molecule has 2 rings (SSSR count). The molecule has 5 heteroatoms. The van der Waals surface area contributed by atoms with Gasteiger partial charge in [0.25, 0.3) is 5.91 Å². The van der Waals surface area contributed by atoms with Crippen molar-refractivity contribution in [1.29, 1.82) is 0 Å². The van der Waals surface area contributed by atoms with E-state index < -0.39 is 5.91 Å². The molecule has 1 aliphatic rings. The molecule has 0 bridgehead atoms. The predicted molar refractivity (Wildman–Crippen MR) is 76.1 cm³/mol. The van der Waals surface area contributed by atoms with Gasteiger partial charge < -0.3 is 16.8 Å². The summed E-state index contributed by atoms with van der Waals surface area (Å²) in [5, 5.41) is 3.40. The Bertz CT molecular complexity index is 492. The summed E-state index contributed by atoms with van der Waals surface area (Å²) in [6.07, 6.45) is 4.33. The first kappa shape index (κ1) is 13.8. The van der Waals surface area contributed by atoms with Gasteiger partial charge in [-0.1, -0.05) is 12.8 Å². The Hall–Kier alpha value is -1.62. The SMILES string of the molecule is Cc1cc(C)c(C(N)=O)c(NC2(CN)CCCC2)n1. The van der Waals surface area contributed by atoms with Crippen LogP contribution < -0.4 is 16.8 Å². The zero-order chi connectivity index (χ0) is 14.0. The fraction of sp³-hybridized carbons (Fsp3) is 0.571. The van der Waals surface area contributed by atoms with Gasteiger partial charge in [0.2, 0.25) is 0 Å². The Morgan fingerprint density at radius 1 is 1.42 bits per heavy atom. The van der Waals surface area contributed by atoms with Crippen LogP contribution >= 0.6 is 0 Å². The summed E-state index contributed by atoms with van der Waals surface area (Å²) in [6.45, 7) is 4.33. The van der Waals surface area contributed by atoms with E-state index in [1.165, 1.54) is 0 Å². The summed E-state index contributed by atoms with van der Waals surface area (Å²) in [4.78, 5) is 16.1. The molecule has 0 radical (unpaired) electrons. The number of nitrogens with zero attached hydrogens (tertiary/aromatic N) is 1. The minimum atomic E-state index is -0.447. The van der Waals surface area contributed by atoms with Gasteiger partial charge in [-0.15, -0.1) is 0 Å². The van der Waals surface area contributed by atoms with Crippen LogP contribution in [0.1, 0.15) is 47.3 Å². The molecule has 1 fully saturated rings. The number of amides is 1. The summed E-state index contributed by atoms with van der Waals surface area (Å²) < 4.78 is 0. The molecule has 5 N–H and O–H groups in total. The largest absolute Gasteiger partial charge is 0.365 e. The van der Waals surface area contributed by atoms with Crippen molar-refractivity contribution in [2.45, 2.75) is 45.1 Å². The monoisotopic (exact) mass is 262 g/mol. The van der Waals surface area contributed by atoms with Gasteiger partial charge in [-0.05, 0) is 38.3 Å². The third kappa shape index (κ3) is 2.71. The molecule has 0 spiro atoms. The average Bonchev–Trinajstić information content (AvgIpc) is 2.76. The van der Waals surface area contributed by atoms with E-state index in [1.807, 2.05) is 19.9 Å². The molecule has 19 heavy (non-hydrogen) atoms. The second kappa shape index (κ2) is 5.17. The molecule has 1 aliphatic carbocycles. The first-order chi connectivity index (χ1) is 8.97. The molecule has 0 atom stereocenters. The highest BCUT2D eigenvalue weighted by Crippen LogP contribution is 2.33. The van der Waals surface area contributed by atoms with Gasteiger partial charge in [0, 0.05) is 12.2 Å². The van der Waals surface area contributed by atoms with Gasteiger partial charge in [0.15, 0.2) is 0 Å². The summed E-state index contributed by atoms with van der Waals surface area (Å²) >= 11 is 0. The molecule has 1 saturated carbocycles. The number of nitrogens with one attached hydrogen (secondary N) is 1. The number of anilines is 1. The number of carbonyl (C=O) groups excluding carboxylic acids is 1. The summed E-state index contributed by atoms with van der Waals surface area (Å²) in [6, 6.07) is 1.87. The van der Waals surface area contributed by atoms with Crippen molar-refractivity contribution in [2.24, 2.45) is 11.5 Å². The molecule has 5 nitrogen and oxygen atoms in total. The molecule has 1 aromatic heterocycles. The van der Waals surface area contributed by atoms with Crippen LogP contribution in [0.2, 0.25) is 0 Å². The van der Waals surface area contributed by atoms with Gasteiger partial charge >= 0.3 is 0 Å². The molecule has 1 amide bonds. The van der Waals surface area contributed by atoms with Crippen LogP contribution in [-0.4, -0.2) is 23.0 Å². The second-order valence-electron chi connectivity index (χ2n) is 5.48. The topological polar surface area (TPSA) is 94.0 Å². The number of carbonyl (C=O) groups is 1. The number of rotatable bonds is 4. The predicted octanol–water partition coefficient (Wildman–Crippen LogP) is 1.48. The zero-order valence-corrected chi connectivity index (χ0v) is 11.6. The lowest BCUT2D eigenvalue weighted by Crippen LogP contribution is -2.43. The molecule has 0 unspecified atom stereocenters. The first-order valence-corrected chi connectivity index (χ1v) is 6.74. The van der Waals surface area contributed by atoms with Gasteiger partial charge in [-0.2, -0.15) is 0 Å². The number of hydrogen-bond donors (Lipinski definition) is 3. The van der Waals surface area contributed by atoms with E-state index in [9.17, 15) is 4.79 Å². The van der Waals surface area contributed by atoms with Crippen LogP contribution in [0, 0.1) is 13.8 Å². The maximum Gasteiger partial charge on any atom is 0.252 e. The lowest BCUT2D eigenvalue weighted by Gasteiger charge is -2.30. The van der Waals surface area contributed by atoms with Gasteiger partial charge in [-0.25, -0.2) is 4.98 Å². The van der Waals surface area contributed by atoms with Crippen LogP contribution in [0.4, 0.5) is 5.82 Å². The zero-order valence-electron chi connectivity index (χ0n) is 11.6. The van der Waals surface area contributed by atoms with E-state index in [1.54, 1.807) is 0 Å². The molecular weight excluding hydrogens is 240 g/mol. The van der Waals surface area contributed by atoms with Crippen LogP contribution in [0.5, 0.6) is 0 Å². The molecule has 104 valence electrons. The third-order valence-electron chi connectivity index (χ3n) is 3.93. The normalized spacial score (nSPS) is 17.4. The van der Waals surface area contributed by atoms with Crippen molar-refractivity contribution in [2.75, 3.05) is 11.9 Å². The van der Waals surface area contributed by atoms with Crippen molar-refractivity contribution in [1.82, 2.24) is 4.98 Å². The van der Waals surface area contributed by atoms with Crippen molar-refractivity contribution in [3.63, 3.8) is 0 Å². The summed E-state index contributed by atoms with van der Waals surface area (Å²) in [5.41, 5.74) is 13.4. The summed E-state index contributed by atoms with van der Waals surface area (Å²) in [5.74, 6) is 0.134. The lowest BCUT2D eigenvalue weighted by molar-refractivity contribution is 0.1000. The van der Waals surface area contributed by atoms with Crippen LogP contribution in [-0.2, 0) is 0 Å². The quantitative estimate of drug-likeness (QED) is 0.766. The highest BCUT2D eigenvalue weighted by Gasteiger charge is 2.33. The van der Waals surface area contributed by atoms with Crippen molar-refractivity contribution < 1.29 is 4.79 Å². The van der Waals surface area contributed by atoms with E-state index >= 15 is 0 Å². The number of pyridine rings is 1. The second-order valence-corrected chi connectivity index (χ2v) is 5.48. The van der Waals surface area contributed by atoms with E-state index in [0.717, 1.165) is 36.9 Å². The molecule has 0 aliphatic heterocycles. The maximum atomic E-state index is 11.6. The van der Waals surface area contributed by atoms with Crippen LogP contribution in [0.3, 0.4) is 0 Å². The van der Waals surface area contributed by atoms with E-state index in [0.29, 0.717) is 17.9 Å². The highest BCUT2D eigenvalue weighted by molar-refractivity contribution is 5.99. The van der Waals surface area contributed by atoms with Crippen LogP contribution in [0.25, 0.3) is 0 Å². The Balaban J connectivity index is 2.41. The fourth-order valence-corrected chi connectivity index (χ4v) is 2.92. The maximum absolute atomic E-state index is 11.6. The van der Waals surface area contributed by atoms with E-state index in [-0.39, 0.29) is 5.54 Å². The number of aromatic nitrogens is 1. The van der Waals surface area contributed by atoms with E-state index in [4.69, 9.17) is 11.5 Å². The minimum absolute atomic E-state index is 0.141. The minimum Gasteiger partial charge on any atom is -0.365 e.